The average Bonchev–Trinajstić information content (AvgIpc) is 3.51. The first kappa shape index (κ1) is 18.3. The largest absolute Gasteiger partial charge is 0.357 e. The number of aromatic nitrogens is 1. The Morgan fingerprint density at radius 2 is 1.85 bits per heavy atom. The van der Waals surface area contributed by atoms with E-state index in [1.807, 2.05) is 36.5 Å². The molecule has 2 aromatic rings. The fourth-order valence-corrected chi connectivity index (χ4v) is 4.05. The minimum Gasteiger partial charge on any atom is -0.357 e. The van der Waals surface area contributed by atoms with Crippen LogP contribution in [0.15, 0.2) is 42.6 Å². The molecule has 5 heteroatoms. The second kappa shape index (κ2) is 8.30. The Kier molecular flexibility index (Phi) is 5.63. The van der Waals surface area contributed by atoms with Gasteiger partial charge in [0.05, 0.1) is 0 Å². The van der Waals surface area contributed by atoms with Crippen LogP contribution in [-0.2, 0) is 11.3 Å². The maximum atomic E-state index is 12.5. The van der Waals surface area contributed by atoms with Gasteiger partial charge in [-0.1, -0.05) is 36.6 Å². The Balaban J connectivity index is 1.32. The van der Waals surface area contributed by atoms with Crippen LogP contribution in [0, 0.1) is 5.92 Å². The van der Waals surface area contributed by atoms with Crippen LogP contribution >= 0.6 is 11.6 Å². The number of rotatable bonds is 5. The fraction of sp³-hybridized carbons (Fsp3) is 0.455. The van der Waals surface area contributed by atoms with Gasteiger partial charge in [0.25, 0.3) is 0 Å². The van der Waals surface area contributed by atoms with Gasteiger partial charge in [-0.15, -0.1) is 0 Å². The normalized spacial score (nSPS) is 22.2. The summed E-state index contributed by atoms with van der Waals surface area (Å²) in [7, 11) is 0. The summed E-state index contributed by atoms with van der Waals surface area (Å²) in [5.74, 6) is 1.59. The van der Waals surface area contributed by atoms with Gasteiger partial charge in [-0.3, -0.25) is 4.79 Å². The lowest BCUT2D eigenvalue weighted by Gasteiger charge is -2.21. The molecule has 1 aliphatic heterocycles. The monoisotopic (exact) mass is 383 g/mol. The van der Waals surface area contributed by atoms with E-state index in [1.165, 1.54) is 31.2 Å². The first-order chi connectivity index (χ1) is 13.2. The highest BCUT2D eigenvalue weighted by molar-refractivity contribution is 6.30. The highest BCUT2D eigenvalue weighted by atomic mass is 35.5. The number of halogens is 1. The van der Waals surface area contributed by atoms with Crippen LogP contribution in [0.3, 0.4) is 0 Å². The third-order valence-corrected chi connectivity index (χ3v) is 5.88. The van der Waals surface area contributed by atoms with E-state index in [2.05, 4.69) is 21.3 Å². The molecule has 1 saturated carbocycles. The van der Waals surface area contributed by atoms with Crippen LogP contribution in [0.5, 0.6) is 0 Å². The summed E-state index contributed by atoms with van der Waals surface area (Å²) >= 11 is 5.94. The number of amides is 1. The zero-order chi connectivity index (χ0) is 18.6. The number of nitrogens with zero attached hydrogens (tertiary/aromatic N) is 2. The molecule has 2 aliphatic rings. The van der Waals surface area contributed by atoms with Crippen molar-refractivity contribution in [2.75, 3.05) is 18.0 Å². The van der Waals surface area contributed by atoms with E-state index < -0.39 is 0 Å². The minimum atomic E-state index is 0.0816. The first-order valence-corrected chi connectivity index (χ1v) is 10.3. The predicted molar refractivity (Wildman–Crippen MR) is 109 cm³/mol. The molecule has 0 bridgehead atoms. The SMILES string of the molecule is O=C(NCc1ccnc(N2CCCCCC2)c1)C1CC1c1ccc(Cl)cc1. The molecule has 4 rings (SSSR count). The van der Waals surface area contributed by atoms with Gasteiger partial charge >= 0.3 is 0 Å². The molecule has 1 amide bonds. The van der Waals surface area contributed by atoms with Gasteiger partial charge in [-0.25, -0.2) is 4.98 Å². The molecular formula is C22H26ClN3O. The van der Waals surface area contributed by atoms with Crippen molar-refractivity contribution in [3.8, 4) is 0 Å². The maximum Gasteiger partial charge on any atom is 0.224 e. The Morgan fingerprint density at radius 1 is 1.11 bits per heavy atom. The van der Waals surface area contributed by atoms with Gasteiger partial charge in [-0.05, 0) is 60.6 Å². The van der Waals surface area contributed by atoms with Crippen molar-refractivity contribution < 1.29 is 4.79 Å². The number of carbonyl (C=O) groups is 1. The summed E-state index contributed by atoms with van der Waals surface area (Å²) in [5, 5.41) is 3.84. The summed E-state index contributed by atoms with van der Waals surface area (Å²) in [6, 6.07) is 11.9. The number of hydrogen-bond acceptors (Lipinski definition) is 3. The van der Waals surface area contributed by atoms with E-state index in [0.29, 0.717) is 12.5 Å². The molecule has 4 nitrogen and oxygen atoms in total. The Hall–Kier alpha value is -2.07. The standard InChI is InChI=1S/C22H26ClN3O/c23-18-7-5-17(6-8-18)19-14-20(19)22(27)25-15-16-9-10-24-21(13-16)26-11-3-1-2-4-12-26/h5-10,13,19-20H,1-4,11-12,14-15H2,(H,25,27). The third-order valence-electron chi connectivity index (χ3n) is 5.63. The van der Waals surface area contributed by atoms with Crippen molar-refractivity contribution in [1.29, 1.82) is 0 Å². The lowest BCUT2D eigenvalue weighted by atomic mass is 10.1. The molecular weight excluding hydrogens is 358 g/mol. The van der Waals surface area contributed by atoms with Crippen LogP contribution < -0.4 is 10.2 Å². The summed E-state index contributed by atoms with van der Waals surface area (Å²) in [6.45, 7) is 2.72. The molecule has 1 saturated heterocycles. The second-order valence-electron chi connectivity index (χ2n) is 7.64. The number of anilines is 1. The van der Waals surface area contributed by atoms with Gasteiger partial charge < -0.3 is 10.2 Å². The van der Waals surface area contributed by atoms with E-state index in [0.717, 1.165) is 35.9 Å². The maximum absolute atomic E-state index is 12.5. The lowest BCUT2D eigenvalue weighted by Crippen LogP contribution is -2.26. The van der Waals surface area contributed by atoms with E-state index in [1.54, 1.807) is 0 Å². The zero-order valence-corrected chi connectivity index (χ0v) is 16.3. The fourth-order valence-electron chi connectivity index (χ4n) is 3.93. The summed E-state index contributed by atoms with van der Waals surface area (Å²) in [6.07, 6.45) is 7.86. The second-order valence-corrected chi connectivity index (χ2v) is 8.08. The Morgan fingerprint density at radius 3 is 2.59 bits per heavy atom. The highest BCUT2D eigenvalue weighted by Crippen LogP contribution is 2.47. The van der Waals surface area contributed by atoms with Crippen molar-refractivity contribution >= 4 is 23.3 Å². The van der Waals surface area contributed by atoms with Gasteiger partial charge in [0, 0.05) is 36.8 Å². The van der Waals surface area contributed by atoms with Gasteiger partial charge in [0.15, 0.2) is 0 Å². The molecule has 1 aliphatic carbocycles. The Labute approximate surface area is 165 Å². The quantitative estimate of drug-likeness (QED) is 0.824. The number of hydrogen-bond donors (Lipinski definition) is 1. The lowest BCUT2D eigenvalue weighted by molar-refractivity contribution is -0.122. The van der Waals surface area contributed by atoms with Crippen LogP contribution in [0.1, 0.15) is 49.1 Å². The highest BCUT2D eigenvalue weighted by Gasteiger charge is 2.43. The molecule has 2 unspecified atom stereocenters. The van der Waals surface area contributed by atoms with Crippen molar-refractivity contribution in [3.63, 3.8) is 0 Å². The summed E-state index contributed by atoms with van der Waals surface area (Å²) < 4.78 is 0. The van der Waals surface area contributed by atoms with Gasteiger partial charge in [0.2, 0.25) is 5.91 Å². The van der Waals surface area contributed by atoms with E-state index in [9.17, 15) is 4.79 Å². The Bertz CT molecular complexity index is 784. The molecule has 2 heterocycles. The van der Waals surface area contributed by atoms with Crippen LogP contribution in [0.2, 0.25) is 5.02 Å². The number of benzene rings is 1. The molecule has 27 heavy (non-hydrogen) atoms. The summed E-state index contributed by atoms with van der Waals surface area (Å²) in [4.78, 5) is 19.4. The number of carbonyl (C=O) groups excluding carboxylic acids is 1. The smallest absolute Gasteiger partial charge is 0.224 e. The van der Waals surface area contributed by atoms with E-state index >= 15 is 0 Å². The molecule has 142 valence electrons. The molecule has 0 radical (unpaired) electrons. The molecule has 1 N–H and O–H groups in total. The van der Waals surface area contributed by atoms with Crippen LogP contribution in [0.4, 0.5) is 5.82 Å². The van der Waals surface area contributed by atoms with Crippen molar-refractivity contribution in [2.45, 2.75) is 44.6 Å². The van der Waals surface area contributed by atoms with E-state index in [4.69, 9.17) is 11.6 Å². The zero-order valence-electron chi connectivity index (χ0n) is 15.5. The molecule has 0 spiro atoms. The predicted octanol–water partition coefficient (Wildman–Crippen LogP) is 4.54. The molecule has 1 aromatic heterocycles. The molecule has 2 atom stereocenters. The number of pyridine rings is 1. The average molecular weight is 384 g/mol. The van der Waals surface area contributed by atoms with Gasteiger partial charge in [-0.2, -0.15) is 0 Å². The van der Waals surface area contributed by atoms with Crippen molar-refractivity contribution in [1.82, 2.24) is 10.3 Å². The van der Waals surface area contributed by atoms with Crippen molar-refractivity contribution in [2.24, 2.45) is 5.92 Å². The number of nitrogens with one attached hydrogen (secondary N) is 1. The first-order valence-electron chi connectivity index (χ1n) is 9.94. The topological polar surface area (TPSA) is 45.2 Å². The van der Waals surface area contributed by atoms with Crippen LogP contribution in [-0.4, -0.2) is 24.0 Å². The minimum absolute atomic E-state index is 0.0816. The third kappa shape index (κ3) is 4.62. The van der Waals surface area contributed by atoms with Gasteiger partial charge in [0.1, 0.15) is 5.82 Å². The molecule has 1 aromatic carbocycles. The molecule has 2 fully saturated rings. The summed E-state index contributed by atoms with van der Waals surface area (Å²) in [5.41, 5.74) is 2.31. The van der Waals surface area contributed by atoms with E-state index in [-0.39, 0.29) is 11.8 Å². The van der Waals surface area contributed by atoms with Crippen LogP contribution in [0.25, 0.3) is 0 Å². The van der Waals surface area contributed by atoms with Crippen molar-refractivity contribution in [3.05, 3.63) is 58.7 Å².